The molecule has 0 fully saturated rings. The third kappa shape index (κ3) is 4.92. The van der Waals surface area contributed by atoms with Gasteiger partial charge in [0, 0.05) is 0 Å². The van der Waals surface area contributed by atoms with E-state index >= 15 is 0 Å². The third-order valence-corrected chi connectivity index (χ3v) is 0.671. The highest BCUT2D eigenvalue weighted by Gasteiger charge is 1.89. The van der Waals surface area contributed by atoms with Gasteiger partial charge in [-0.1, -0.05) is 0 Å². The SMILES string of the molecule is C[CH]OC(Br)Br. The zero-order valence-electron chi connectivity index (χ0n) is 3.32. The summed E-state index contributed by atoms with van der Waals surface area (Å²) in [5.74, 6) is 0. The smallest absolute Gasteiger partial charge is 0.167 e. The summed E-state index contributed by atoms with van der Waals surface area (Å²) in [5.41, 5.74) is 0. The Morgan fingerprint density at radius 1 is 1.67 bits per heavy atom. The summed E-state index contributed by atoms with van der Waals surface area (Å²) in [6, 6.07) is 0. The normalized spacial score (nSPS) is 10.0. The zero-order chi connectivity index (χ0) is 4.99. The summed E-state index contributed by atoms with van der Waals surface area (Å²) in [7, 11) is 0. The minimum absolute atomic E-state index is 0.0324. The number of ether oxygens (including phenoxy) is 1. The first kappa shape index (κ1) is 6.92. The average molecular weight is 217 g/mol. The number of hydrogen-bond donors (Lipinski definition) is 0. The minimum Gasteiger partial charge on any atom is -0.351 e. The van der Waals surface area contributed by atoms with Crippen LogP contribution in [0.4, 0.5) is 0 Å². The van der Waals surface area contributed by atoms with Gasteiger partial charge in [0.2, 0.25) is 0 Å². The summed E-state index contributed by atoms with van der Waals surface area (Å²) in [6.07, 6.45) is 0. The zero-order valence-corrected chi connectivity index (χ0v) is 6.49. The van der Waals surface area contributed by atoms with Gasteiger partial charge < -0.3 is 4.74 Å². The molecule has 37 valence electrons. The maximum atomic E-state index is 4.75. The van der Waals surface area contributed by atoms with Gasteiger partial charge in [-0.15, -0.1) is 0 Å². The maximum Gasteiger partial charge on any atom is 0.167 e. The quantitative estimate of drug-likeness (QED) is 0.644. The Balaban J connectivity index is 2.63. The van der Waals surface area contributed by atoms with Gasteiger partial charge >= 0.3 is 0 Å². The molecule has 0 saturated heterocycles. The van der Waals surface area contributed by atoms with E-state index in [9.17, 15) is 0 Å². The van der Waals surface area contributed by atoms with E-state index in [1.165, 1.54) is 0 Å². The summed E-state index contributed by atoms with van der Waals surface area (Å²) in [5, 5.41) is 0. The van der Waals surface area contributed by atoms with E-state index in [4.69, 9.17) is 4.74 Å². The van der Waals surface area contributed by atoms with Crippen molar-refractivity contribution in [1.82, 2.24) is 0 Å². The van der Waals surface area contributed by atoms with Crippen LogP contribution in [0, 0.1) is 6.61 Å². The lowest BCUT2D eigenvalue weighted by atomic mass is 10.9. The van der Waals surface area contributed by atoms with Crippen molar-refractivity contribution in [3.8, 4) is 0 Å². The molecule has 0 heterocycles. The van der Waals surface area contributed by atoms with Crippen molar-refractivity contribution < 1.29 is 4.74 Å². The van der Waals surface area contributed by atoms with Crippen molar-refractivity contribution in [3.63, 3.8) is 0 Å². The van der Waals surface area contributed by atoms with Crippen LogP contribution in [0.2, 0.25) is 0 Å². The lowest BCUT2D eigenvalue weighted by Gasteiger charge is -1.95. The highest BCUT2D eigenvalue weighted by Crippen LogP contribution is 2.09. The first-order valence-electron chi connectivity index (χ1n) is 1.49. The third-order valence-electron chi connectivity index (χ3n) is 0.239. The van der Waals surface area contributed by atoms with Gasteiger partial charge in [-0.25, -0.2) is 0 Å². The number of halogens is 2. The van der Waals surface area contributed by atoms with Crippen LogP contribution in [-0.4, -0.2) is 3.92 Å². The molecule has 0 unspecified atom stereocenters. The summed E-state index contributed by atoms with van der Waals surface area (Å²) >= 11 is 6.20. The van der Waals surface area contributed by atoms with E-state index in [1.54, 1.807) is 6.61 Å². The van der Waals surface area contributed by atoms with Crippen LogP contribution in [0.25, 0.3) is 0 Å². The van der Waals surface area contributed by atoms with Crippen LogP contribution in [0.1, 0.15) is 6.92 Å². The molecular weight excluding hydrogens is 212 g/mol. The Hall–Kier alpha value is 0.920. The number of hydrogen-bond acceptors (Lipinski definition) is 1. The van der Waals surface area contributed by atoms with Crippen LogP contribution in [0.5, 0.6) is 0 Å². The molecule has 0 aromatic rings. The first-order valence-corrected chi connectivity index (χ1v) is 3.32. The molecular formula is C3H5Br2O. The minimum atomic E-state index is -0.0324. The van der Waals surface area contributed by atoms with Crippen molar-refractivity contribution in [2.45, 2.75) is 10.8 Å². The predicted octanol–water partition coefficient (Wildman–Crippen LogP) is 2.26. The molecule has 0 N–H and O–H groups in total. The molecule has 1 nitrogen and oxygen atoms in total. The lowest BCUT2D eigenvalue weighted by Crippen LogP contribution is -1.86. The summed E-state index contributed by atoms with van der Waals surface area (Å²) in [6.45, 7) is 3.42. The molecule has 0 aromatic carbocycles. The van der Waals surface area contributed by atoms with Gasteiger partial charge in [0.05, 0.1) is 6.61 Å². The molecule has 0 aliphatic carbocycles. The highest BCUT2D eigenvalue weighted by atomic mass is 79.9. The van der Waals surface area contributed by atoms with Crippen molar-refractivity contribution in [3.05, 3.63) is 6.61 Å². The highest BCUT2D eigenvalue weighted by molar-refractivity contribution is 9.24. The molecule has 0 amide bonds. The van der Waals surface area contributed by atoms with Gasteiger partial charge in [0.15, 0.2) is 3.92 Å². The van der Waals surface area contributed by atoms with Gasteiger partial charge in [0.25, 0.3) is 0 Å². The van der Waals surface area contributed by atoms with E-state index < -0.39 is 0 Å². The van der Waals surface area contributed by atoms with E-state index in [1.807, 2.05) is 6.92 Å². The number of alkyl halides is 2. The van der Waals surface area contributed by atoms with Crippen molar-refractivity contribution in [2.75, 3.05) is 0 Å². The molecule has 0 aliphatic rings. The van der Waals surface area contributed by atoms with Crippen molar-refractivity contribution >= 4 is 31.9 Å². The van der Waals surface area contributed by atoms with Crippen LogP contribution in [0.15, 0.2) is 0 Å². The Bertz CT molecular complexity index is 30.0. The molecule has 0 spiro atoms. The standard InChI is InChI=1S/C3H5Br2O/c1-2-6-3(4)5/h2-3H,1H3. The van der Waals surface area contributed by atoms with Gasteiger partial charge in [-0.05, 0) is 38.8 Å². The maximum absolute atomic E-state index is 4.75. The predicted molar refractivity (Wildman–Crippen MR) is 32.7 cm³/mol. The van der Waals surface area contributed by atoms with Crippen molar-refractivity contribution in [2.24, 2.45) is 0 Å². The first-order chi connectivity index (χ1) is 2.77. The second-order valence-electron chi connectivity index (χ2n) is 0.632. The fourth-order valence-corrected chi connectivity index (χ4v) is 0.535. The van der Waals surface area contributed by atoms with Crippen LogP contribution >= 0.6 is 31.9 Å². The molecule has 0 aromatic heterocycles. The van der Waals surface area contributed by atoms with Gasteiger partial charge in [0.1, 0.15) is 0 Å². The van der Waals surface area contributed by atoms with E-state index in [2.05, 4.69) is 31.9 Å². The molecule has 0 bridgehead atoms. The van der Waals surface area contributed by atoms with E-state index in [0.717, 1.165) is 0 Å². The Morgan fingerprint density at radius 2 is 2.17 bits per heavy atom. The Labute approximate surface area is 54.3 Å². The Kier molecular flexibility index (Phi) is 4.72. The molecule has 6 heavy (non-hydrogen) atoms. The molecule has 1 radical (unpaired) electrons. The fourth-order valence-electron chi connectivity index (χ4n) is 0.103. The summed E-state index contributed by atoms with van der Waals surface area (Å²) in [4.78, 5) is 0. The molecule has 3 heteroatoms. The average Bonchev–Trinajstić information content (AvgIpc) is 1.35. The summed E-state index contributed by atoms with van der Waals surface area (Å²) < 4.78 is 4.72. The largest absolute Gasteiger partial charge is 0.351 e. The Morgan fingerprint density at radius 3 is 2.17 bits per heavy atom. The van der Waals surface area contributed by atoms with Gasteiger partial charge in [-0.2, -0.15) is 0 Å². The number of rotatable bonds is 2. The second-order valence-corrected chi connectivity index (χ2v) is 3.52. The van der Waals surface area contributed by atoms with E-state index in [-0.39, 0.29) is 3.92 Å². The van der Waals surface area contributed by atoms with Crippen LogP contribution < -0.4 is 0 Å². The lowest BCUT2D eigenvalue weighted by molar-refractivity contribution is 0.249. The molecule has 0 saturated carbocycles. The fraction of sp³-hybridized carbons (Fsp3) is 0.667. The topological polar surface area (TPSA) is 9.23 Å². The monoisotopic (exact) mass is 215 g/mol. The molecule has 0 atom stereocenters. The van der Waals surface area contributed by atoms with Crippen LogP contribution in [-0.2, 0) is 4.74 Å². The van der Waals surface area contributed by atoms with Crippen LogP contribution in [0.3, 0.4) is 0 Å². The second kappa shape index (κ2) is 4.09. The molecule has 0 aliphatic heterocycles. The van der Waals surface area contributed by atoms with Crippen molar-refractivity contribution in [1.29, 1.82) is 0 Å². The van der Waals surface area contributed by atoms with Gasteiger partial charge in [-0.3, -0.25) is 0 Å². The van der Waals surface area contributed by atoms with E-state index in [0.29, 0.717) is 0 Å². The molecule has 0 rings (SSSR count).